The number of nitrogens with zero attached hydrogens (tertiary/aromatic N) is 2. The fourth-order valence-corrected chi connectivity index (χ4v) is 1.84. The highest BCUT2D eigenvalue weighted by molar-refractivity contribution is 9.10. The molecule has 1 aromatic carbocycles. The van der Waals surface area contributed by atoms with E-state index in [0.29, 0.717) is 5.82 Å². The van der Waals surface area contributed by atoms with E-state index in [1.54, 1.807) is 13.3 Å². The first-order valence-corrected chi connectivity index (χ1v) is 5.88. The van der Waals surface area contributed by atoms with Gasteiger partial charge in [-0.05, 0) is 24.3 Å². The van der Waals surface area contributed by atoms with Gasteiger partial charge in [-0.15, -0.1) is 0 Å². The fraction of sp³-hybridized carbons (Fsp3) is 0.167. The fourth-order valence-electron chi connectivity index (χ4n) is 1.48. The third-order valence-corrected chi connectivity index (χ3v) is 2.81. The second kappa shape index (κ2) is 5.14. The van der Waals surface area contributed by atoms with E-state index in [4.69, 9.17) is 4.74 Å². The van der Waals surface area contributed by atoms with Crippen LogP contribution in [0.4, 0.5) is 5.82 Å². The van der Waals surface area contributed by atoms with Gasteiger partial charge in [0.15, 0.2) is 5.82 Å². The van der Waals surface area contributed by atoms with E-state index < -0.39 is 0 Å². The predicted molar refractivity (Wildman–Crippen MR) is 71.3 cm³/mol. The van der Waals surface area contributed by atoms with Crippen molar-refractivity contribution in [2.75, 3.05) is 19.5 Å². The molecule has 0 aliphatic heterocycles. The average molecular weight is 294 g/mol. The van der Waals surface area contributed by atoms with E-state index in [1.165, 1.54) is 0 Å². The molecule has 0 saturated heterocycles. The Kier molecular flexibility index (Phi) is 3.58. The number of benzene rings is 1. The lowest BCUT2D eigenvalue weighted by Crippen LogP contribution is -1.97. The Morgan fingerprint density at radius 3 is 2.82 bits per heavy atom. The number of nitrogens with one attached hydrogen (secondary N) is 1. The Hall–Kier alpha value is -1.62. The highest BCUT2D eigenvalue weighted by Gasteiger charge is 2.09. The summed E-state index contributed by atoms with van der Waals surface area (Å²) in [6, 6.07) is 7.56. The van der Waals surface area contributed by atoms with Gasteiger partial charge >= 0.3 is 0 Å². The van der Waals surface area contributed by atoms with Crippen molar-refractivity contribution in [3.05, 3.63) is 34.9 Å². The van der Waals surface area contributed by atoms with Crippen molar-refractivity contribution in [1.82, 2.24) is 9.97 Å². The summed E-state index contributed by atoms with van der Waals surface area (Å²) in [5.74, 6) is 2.16. The topological polar surface area (TPSA) is 47.0 Å². The third kappa shape index (κ3) is 2.55. The Morgan fingerprint density at radius 2 is 2.12 bits per heavy atom. The first-order chi connectivity index (χ1) is 8.24. The van der Waals surface area contributed by atoms with Gasteiger partial charge in [0.25, 0.3) is 0 Å². The average Bonchev–Trinajstić information content (AvgIpc) is 2.39. The van der Waals surface area contributed by atoms with Gasteiger partial charge in [0.2, 0.25) is 0 Å². The van der Waals surface area contributed by atoms with Crippen LogP contribution >= 0.6 is 15.9 Å². The summed E-state index contributed by atoms with van der Waals surface area (Å²) in [6.45, 7) is 0. The summed E-state index contributed by atoms with van der Waals surface area (Å²) in [6.07, 6.45) is 1.72. The molecule has 0 spiro atoms. The Bertz CT molecular complexity index is 531. The van der Waals surface area contributed by atoms with Crippen LogP contribution in [0, 0.1) is 0 Å². The zero-order valence-corrected chi connectivity index (χ0v) is 11.2. The molecule has 5 heteroatoms. The molecule has 2 rings (SSSR count). The molecule has 1 aromatic heterocycles. The summed E-state index contributed by atoms with van der Waals surface area (Å²) >= 11 is 3.43. The summed E-state index contributed by atoms with van der Waals surface area (Å²) in [5, 5.41) is 2.99. The standard InChI is InChI=1S/C12H12BrN3O/c1-14-11-5-6-15-12(16-11)9-7-8(13)3-4-10(9)17-2/h3-7H,1-2H3,(H,14,15,16). The van der Waals surface area contributed by atoms with E-state index in [2.05, 4.69) is 31.2 Å². The first-order valence-electron chi connectivity index (χ1n) is 5.09. The Labute approximate surface area is 108 Å². The monoisotopic (exact) mass is 293 g/mol. The number of rotatable bonds is 3. The highest BCUT2D eigenvalue weighted by Crippen LogP contribution is 2.30. The van der Waals surface area contributed by atoms with Crippen molar-refractivity contribution < 1.29 is 4.74 Å². The number of aromatic nitrogens is 2. The molecule has 1 heterocycles. The van der Waals surface area contributed by atoms with Crippen molar-refractivity contribution >= 4 is 21.7 Å². The van der Waals surface area contributed by atoms with E-state index in [9.17, 15) is 0 Å². The summed E-state index contributed by atoms with van der Waals surface area (Å²) < 4.78 is 6.27. The van der Waals surface area contributed by atoms with Gasteiger partial charge < -0.3 is 10.1 Å². The normalized spacial score (nSPS) is 10.1. The molecule has 0 unspecified atom stereocenters. The minimum absolute atomic E-state index is 0.634. The van der Waals surface area contributed by atoms with Crippen LogP contribution in [-0.2, 0) is 0 Å². The van der Waals surface area contributed by atoms with Crippen molar-refractivity contribution in [3.8, 4) is 17.1 Å². The van der Waals surface area contributed by atoms with E-state index in [1.807, 2.05) is 31.3 Å². The van der Waals surface area contributed by atoms with E-state index in [0.717, 1.165) is 21.6 Å². The van der Waals surface area contributed by atoms with Crippen LogP contribution in [0.3, 0.4) is 0 Å². The highest BCUT2D eigenvalue weighted by atomic mass is 79.9. The largest absolute Gasteiger partial charge is 0.496 e. The second-order valence-electron chi connectivity index (χ2n) is 3.36. The van der Waals surface area contributed by atoms with Crippen LogP contribution in [0.5, 0.6) is 5.75 Å². The van der Waals surface area contributed by atoms with Crippen LogP contribution < -0.4 is 10.1 Å². The van der Waals surface area contributed by atoms with Gasteiger partial charge in [-0.1, -0.05) is 15.9 Å². The van der Waals surface area contributed by atoms with E-state index >= 15 is 0 Å². The smallest absolute Gasteiger partial charge is 0.165 e. The number of hydrogen-bond donors (Lipinski definition) is 1. The number of halogens is 1. The second-order valence-corrected chi connectivity index (χ2v) is 4.28. The lowest BCUT2D eigenvalue weighted by Gasteiger charge is -2.08. The molecule has 0 aliphatic rings. The molecule has 0 amide bonds. The molecule has 0 aliphatic carbocycles. The van der Waals surface area contributed by atoms with Gasteiger partial charge in [-0.2, -0.15) is 0 Å². The number of methoxy groups -OCH3 is 1. The quantitative estimate of drug-likeness (QED) is 0.945. The van der Waals surface area contributed by atoms with Crippen molar-refractivity contribution in [1.29, 1.82) is 0 Å². The molecule has 4 nitrogen and oxygen atoms in total. The van der Waals surface area contributed by atoms with Crippen LogP contribution in [-0.4, -0.2) is 24.1 Å². The maximum absolute atomic E-state index is 5.31. The minimum atomic E-state index is 0.634. The summed E-state index contributed by atoms with van der Waals surface area (Å²) in [5.41, 5.74) is 0.860. The summed E-state index contributed by atoms with van der Waals surface area (Å²) in [4.78, 5) is 8.64. The molecule has 88 valence electrons. The molecule has 0 bridgehead atoms. The lowest BCUT2D eigenvalue weighted by molar-refractivity contribution is 0.416. The van der Waals surface area contributed by atoms with Crippen molar-refractivity contribution in [3.63, 3.8) is 0 Å². The first kappa shape index (κ1) is 11.9. The molecule has 0 fully saturated rings. The van der Waals surface area contributed by atoms with Gasteiger partial charge in [-0.25, -0.2) is 9.97 Å². The van der Waals surface area contributed by atoms with Crippen molar-refractivity contribution in [2.24, 2.45) is 0 Å². The SMILES string of the molecule is CNc1ccnc(-c2cc(Br)ccc2OC)n1. The zero-order chi connectivity index (χ0) is 12.3. The predicted octanol–water partition coefficient (Wildman–Crippen LogP) is 2.96. The van der Waals surface area contributed by atoms with Crippen molar-refractivity contribution in [2.45, 2.75) is 0 Å². The molecular weight excluding hydrogens is 282 g/mol. The number of anilines is 1. The molecule has 2 aromatic rings. The summed E-state index contributed by atoms with van der Waals surface area (Å²) in [7, 11) is 3.46. The van der Waals surface area contributed by atoms with Gasteiger partial charge in [0.1, 0.15) is 11.6 Å². The Morgan fingerprint density at radius 1 is 1.29 bits per heavy atom. The molecular formula is C12H12BrN3O. The maximum atomic E-state index is 5.31. The molecule has 0 radical (unpaired) electrons. The molecule has 0 saturated carbocycles. The third-order valence-electron chi connectivity index (χ3n) is 2.31. The van der Waals surface area contributed by atoms with Gasteiger partial charge in [0.05, 0.1) is 12.7 Å². The maximum Gasteiger partial charge on any atom is 0.165 e. The van der Waals surface area contributed by atoms with Gasteiger partial charge in [0, 0.05) is 17.7 Å². The minimum Gasteiger partial charge on any atom is -0.496 e. The number of hydrogen-bond acceptors (Lipinski definition) is 4. The molecule has 0 atom stereocenters. The van der Waals surface area contributed by atoms with Crippen LogP contribution in [0.1, 0.15) is 0 Å². The molecule has 17 heavy (non-hydrogen) atoms. The van der Waals surface area contributed by atoms with Crippen LogP contribution in [0.25, 0.3) is 11.4 Å². The van der Waals surface area contributed by atoms with E-state index in [-0.39, 0.29) is 0 Å². The van der Waals surface area contributed by atoms with Crippen LogP contribution in [0.2, 0.25) is 0 Å². The Balaban J connectivity index is 2.54. The molecule has 1 N–H and O–H groups in total. The zero-order valence-electron chi connectivity index (χ0n) is 9.57. The number of ether oxygens (including phenoxy) is 1. The van der Waals surface area contributed by atoms with Crippen LogP contribution in [0.15, 0.2) is 34.9 Å². The van der Waals surface area contributed by atoms with Gasteiger partial charge in [-0.3, -0.25) is 0 Å². The lowest BCUT2D eigenvalue weighted by atomic mass is 10.2.